The van der Waals surface area contributed by atoms with Gasteiger partial charge in [0, 0.05) is 13.1 Å². The van der Waals surface area contributed by atoms with Crippen molar-refractivity contribution < 1.29 is 17.7 Å². The van der Waals surface area contributed by atoms with Gasteiger partial charge in [-0.25, -0.2) is 0 Å². The molecule has 6 nitrogen and oxygen atoms in total. The third-order valence-electron chi connectivity index (χ3n) is 1.70. The van der Waals surface area contributed by atoms with Crippen LogP contribution in [-0.4, -0.2) is 44.5 Å². The van der Waals surface area contributed by atoms with E-state index in [4.69, 9.17) is 9.29 Å². The summed E-state index contributed by atoms with van der Waals surface area (Å²) >= 11 is 0. The van der Waals surface area contributed by atoms with Crippen molar-refractivity contribution in [2.45, 2.75) is 12.5 Å². The van der Waals surface area contributed by atoms with Crippen molar-refractivity contribution >= 4 is 10.1 Å². The molecule has 1 aliphatic rings. The average molecular weight is 212 g/mol. The monoisotopic (exact) mass is 212 g/mol. The fourth-order valence-corrected chi connectivity index (χ4v) is 1.65. The molecule has 80 valence electrons. The van der Waals surface area contributed by atoms with Crippen molar-refractivity contribution in [1.29, 1.82) is 0 Å². The Labute approximate surface area is 78.0 Å². The predicted molar refractivity (Wildman–Crippen MR) is 48.7 cm³/mol. The largest absolute Gasteiger partial charge is 0.376 e. The second kappa shape index (κ2) is 5.51. The van der Waals surface area contributed by atoms with Crippen molar-refractivity contribution in [2.75, 3.05) is 25.4 Å². The highest BCUT2D eigenvalue weighted by Crippen LogP contribution is 2.02. The SMILES string of the molecule is N.O=S(=O)(O)CCC1CNCCO1. The van der Waals surface area contributed by atoms with E-state index < -0.39 is 10.1 Å². The van der Waals surface area contributed by atoms with Gasteiger partial charge in [0.1, 0.15) is 0 Å². The van der Waals surface area contributed by atoms with Crippen LogP contribution in [0.2, 0.25) is 0 Å². The normalized spacial score (nSPS) is 23.6. The van der Waals surface area contributed by atoms with Crippen molar-refractivity contribution in [3.63, 3.8) is 0 Å². The van der Waals surface area contributed by atoms with E-state index in [1.807, 2.05) is 0 Å². The molecule has 1 heterocycles. The molecule has 0 amide bonds. The fourth-order valence-electron chi connectivity index (χ4n) is 1.09. The lowest BCUT2D eigenvalue weighted by atomic mass is 10.2. The van der Waals surface area contributed by atoms with E-state index in [0.29, 0.717) is 19.6 Å². The van der Waals surface area contributed by atoms with E-state index in [2.05, 4.69) is 5.32 Å². The molecule has 1 unspecified atom stereocenters. The fraction of sp³-hybridized carbons (Fsp3) is 1.00. The Morgan fingerprint density at radius 2 is 2.23 bits per heavy atom. The molecule has 0 bridgehead atoms. The van der Waals surface area contributed by atoms with Gasteiger partial charge in [-0.05, 0) is 6.42 Å². The van der Waals surface area contributed by atoms with Gasteiger partial charge in [-0.3, -0.25) is 4.55 Å². The molecule has 1 fully saturated rings. The lowest BCUT2D eigenvalue weighted by Gasteiger charge is -2.22. The van der Waals surface area contributed by atoms with Crippen LogP contribution in [-0.2, 0) is 14.9 Å². The Hall–Kier alpha value is -0.210. The quantitative estimate of drug-likeness (QED) is 0.539. The standard InChI is InChI=1S/C6H13NO4S.H3N/c8-12(9,10)4-1-6-5-7-2-3-11-6;/h6-7H,1-5H2,(H,8,9,10);1H3. The van der Waals surface area contributed by atoms with Crippen LogP contribution >= 0.6 is 0 Å². The van der Waals surface area contributed by atoms with Gasteiger partial charge in [0.25, 0.3) is 10.1 Å². The molecule has 0 aromatic heterocycles. The Bertz CT molecular complexity index is 223. The lowest BCUT2D eigenvalue weighted by molar-refractivity contribution is 0.0269. The number of morpholine rings is 1. The van der Waals surface area contributed by atoms with E-state index in [9.17, 15) is 8.42 Å². The summed E-state index contributed by atoms with van der Waals surface area (Å²) < 4.78 is 34.4. The van der Waals surface area contributed by atoms with Crippen LogP contribution in [0.4, 0.5) is 0 Å². The average Bonchev–Trinajstić information content (AvgIpc) is 2.02. The van der Waals surface area contributed by atoms with Crippen LogP contribution in [0.15, 0.2) is 0 Å². The van der Waals surface area contributed by atoms with Gasteiger partial charge in [0.05, 0.1) is 18.5 Å². The molecule has 1 rings (SSSR count). The van der Waals surface area contributed by atoms with Crippen molar-refractivity contribution in [1.82, 2.24) is 11.5 Å². The summed E-state index contributed by atoms with van der Waals surface area (Å²) in [6.45, 7) is 2.08. The summed E-state index contributed by atoms with van der Waals surface area (Å²) in [6, 6.07) is 0. The van der Waals surface area contributed by atoms with E-state index >= 15 is 0 Å². The first-order valence-electron chi connectivity index (χ1n) is 3.85. The molecule has 13 heavy (non-hydrogen) atoms. The van der Waals surface area contributed by atoms with Crippen LogP contribution < -0.4 is 11.5 Å². The molecule has 1 aliphatic heterocycles. The van der Waals surface area contributed by atoms with E-state index in [-0.39, 0.29) is 18.0 Å². The number of ether oxygens (including phenoxy) is 1. The first-order chi connectivity index (χ1) is 5.58. The molecule has 7 heteroatoms. The summed E-state index contributed by atoms with van der Waals surface area (Å²) in [6.07, 6.45) is 0.270. The van der Waals surface area contributed by atoms with Crippen LogP contribution in [0.1, 0.15) is 6.42 Å². The lowest BCUT2D eigenvalue weighted by Crippen LogP contribution is -2.39. The number of rotatable bonds is 3. The molecule has 0 spiro atoms. The van der Waals surface area contributed by atoms with E-state index in [1.165, 1.54) is 0 Å². The zero-order chi connectivity index (χ0) is 9.03. The minimum Gasteiger partial charge on any atom is -0.376 e. The summed E-state index contributed by atoms with van der Waals surface area (Å²) in [7, 11) is -3.83. The maximum absolute atomic E-state index is 10.4. The first-order valence-corrected chi connectivity index (χ1v) is 5.46. The van der Waals surface area contributed by atoms with Gasteiger partial charge >= 0.3 is 0 Å². The van der Waals surface area contributed by atoms with Gasteiger partial charge in [-0.2, -0.15) is 8.42 Å². The van der Waals surface area contributed by atoms with Crippen molar-refractivity contribution in [2.24, 2.45) is 0 Å². The number of nitrogens with one attached hydrogen (secondary N) is 1. The molecule has 0 aliphatic carbocycles. The van der Waals surface area contributed by atoms with Crippen LogP contribution in [0.3, 0.4) is 0 Å². The number of hydrogen-bond acceptors (Lipinski definition) is 5. The molecule has 0 aromatic rings. The third kappa shape index (κ3) is 5.94. The third-order valence-corrected chi connectivity index (χ3v) is 2.45. The summed E-state index contributed by atoms with van der Waals surface area (Å²) in [5.41, 5.74) is 0. The second-order valence-electron chi connectivity index (χ2n) is 2.77. The molecular weight excluding hydrogens is 196 g/mol. The molecule has 0 saturated carbocycles. The van der Waals surface area contributed by atoms with E-state index in [0.717, 1.165) is 6.54 Å². The molecule has 0 aromatic carbocycles. The van der Waals surface area contributed by atoms with Gasteiger partial charge in [-0.15, -0.1) is 0 Å². The highest BCUT2D eigenvalue weighted by atomic mass is 32.2. The number of hydrogen-bond donors (Lipinski definition) is 3. The topological polar surface area (TPSA) is 111 Å². The van der Waals surface area contributed by atoms with E-state index in [1.54, 1.807) is 0 Å². The summed E-state index contributed by atoms with van der Waals surface area (Å²) in [4.78, 5) is 0. The Balaban J connectivity index is 0.00000144. The first kappa shape index (κ1) is 12.8. The Morgan fingerprint density at radius 3 is 2.69 bits per heavy atom. The second-order valence-corrected chi connectivity index (χ2v) is 4.34. The predicted octanol–water partition coefficient (Wildman–Crippen LogP) is -0.585. The smallest absolute Gasteiger partial charge is 0.264 e. The van der Waals surface area contributed by atoms with Crippen molar-refractivity contribution in [3.05, 3.63) is 0 Å². The van der Waals surface area contributed by atoms with Gasteiger partial charge in [0.2, 0.25) is 0 Å². The minimum atomic E-state index is -3.83. The molecule has 1 saturated heterocycles. The Kier molecular flexibility index (Phi) is 5.42. The molecule has 1 atom stereocenters. The molecule has 5 N–H and O–H groups in total. The maximum Gasteiger partial charge on any atom is 0.264 e. The zero-order valence-corrected chi connectivity index (χ0v) is 8.22. The van der Waals surface area contributed by atoms with Crippen LogP contribution in [0.5, 0.6) is 0 Å². The van der Waals surface area contributed by atoms with Gasteiger partial charge in [-0.1, -0.05) is 0 Å². The maximum atomic E-state index is 10.4. The van der Waals surface area contributed by atoms with Crippen LogP contribution in [0.25, 0.3) is 0 Å². The highest BCUT2D eigenvalue weighted by molar-refractivity contribution is 7.85. The molecule has 0 radical (unpaired) electrons. The summed E-state index contributed by atoms with van der Waals surface area (Å²) in [5.74, 6) is -0.223. The summed E-state index contributed by atoms with van der Waals surface area (Å²) in [5, 5.41) is 3.07. The highest BCUT2D eigenvalue weighted by Gasteiger charge is 2.16. The molecular formula is C6H16N2O4S. The van der Waals surface area contributed by atoms with Crippen LogP contribution in [0, 0.1) is 0 Å². The van der Waals surface area contributed by atoms with Gasteiger partial charge in [0.15, 0.2) is 0 Å². The minimum absolute atomic E-state index is 0. The van der Waals surface area contributed by atoms with Gasteiger partial charge < -0.3 is 16.2 Å². The zero-order valence-electron chi connectivity index (χ0n) is 7.40. The Morgan fingerprint density at radius 1 is 1.54 bits per heavy atom. The van der Waals surface area contributed by atoms with Crippen molar-refractivity contribution in [3.8, 4) is 0 Å².